The van der Waals surface area contributed by atoms with Gasteiger partial charge in [0, 0.05) is 17.3 Å². The van der Waals surface area contributed by atoms with Crippen molar-refractivity contribution in [1.82, 2.24) is 0 Å². The molecule has 2 aliphatic carbocycles. The molecule has 0 unspecified atom stereocenters. The van der Waals surface area contributed by atoms with Crippen LogP contribution in [0.2, 0.25) is 0 Å². The van der Waals surface area contributed by atoms with Crippen LogP contribution in [-0.2, 0) is 9.53 Å². The molecule has 1 saturated heterocycles. The number of esters is 1. The fourth-order valence-corrected chi connectivity index (χ4v) is 4.54. The zero-order valence-corrected chi connectivity index (χ0v) is 11.5. The van der Waals surface area contributed by atoms with E-state index in [4.69, 9.17) is 4.74 Å². The first kappa shape index (κ1) is 13.1. The zero-order chi connectivity index (χ0) is 13.9. The predicted molar refractivity (Wildman–Crippen MR) is 69.1 cm³/mol. The Labute approximate surface area is 113 Å². The van der Waals surface area contributed by atoms with Gasteiger partial charge in [-0.15, -0.1) is 0 Å². The average Bonchev–Trinajstić information content (AvgIpc) is 2.61. The lowest BCUT2D eigenvalue weighted by Gasteiger charge is -2.54. The third kappa shape index (κ3) is 1.62. The molecule has 0 amide bonds. The van der Waals surface area contributed by atoms with Gasteiger partial charge in [0.15, 0.2) is 0 Å². The van der Waals surface area contributed by atoms with E-state index < -0.39 is 17.6 Å². The van der Waals surface area contributed by atoms with Gasteiger partial charge in [0.25, 0.3) is 0 Å². The number of ether oxygens (including phenoxy) is 1. The van der Waals surface area contributed by atoms with E-state index in [1.165, 1.54) is 0 Å². The fraction of sp³-hybridized carbons (Fsp3) is 0.800. The highest BCUT2D eigenvalue weighted by atomic mass is 16.6. The first-order chi connectivity index (χ1) is 8.86. The number of fused-ring (bicyclic) bond motifs is 3. The van der Waals surface area contributed by atoms with Crippen LogP contribution in [0.3, 0.4) is 0 Å². The molecule has 0 spiro atoms. The van der Waals surface area contributed by atoms with Crippen molar-refractivity contribution in [3.8, 4) is 0 Å². The smallest absolute Gasteiger partial charge is 0.309 e. The van der Waals surface area contributed by atoms with Crippen molar-refractivity contribution in [3.05, 3.63) is 12.2 Å². The zero-order valence-electron chi connectivity index (χ0n) is 11.5. The van der Waals surface area contributed by atoms with Gasteiger partial charge in [-0.2, -0.15) is 0 Å². The van der Waals surface area contributed by atoms with Gasteiger partial charge in [0.2, 0.25) is 0 Å². The van der Waals surface area contributed by atoms with Crippen molar-refractivity contribution >= 4 is 5.97 Å². The lowest BCUT2D eigenvalue weighted by molar-refractivity contribution is -0.161. The number of carbonyl (C=O) groups is 1. The quantitative estimate of drug-likeness (QED) is 0.512. The molecule has 19 heavy (non-hydrogen) atoms. The van der Waals surface area contributed by atoms with Gasteiger partial charge in [-0.3, -0.25) is 4.79 Å². The molecule has 7 atom stereocenters. The van der Waals surface area contributed by atoms with E-state index in [0.717, 1.165) is 12.0 Å². The highest BCUT2D eigenvalue weighted by Crippen LogP contribution is 2.57. The van der Waals surface area contributed by atoms with Crippen molar-refractivity contribution in [2.24, 2.45) is 23.2 Å². The van der Waals surface area contributed by atoms with E-state index >= 15 is 0 Å². The van der Waals surface area contributed by atoms with E-state index in [0.29, 0.717) is 12.8 Å². The maximum absolute atomic E-state index is 11.8. The molecule has 2 saturated carbocycles. The topological polar surface area (TPSA) is 66.8 Å². The number of aliphatic hydroxyl groups excluding tert-OH is 2. The van der Waals surface area contributed by atoms with Crippen LogP contribution in [0.5, 0.6) is 0 Å². The Morgan fingerprint density at radius 3 is 2.79 bits per heavy atom. The van der Waals surface area contributed by atoms with Crippen molar-refractivity contribution in [3.63, 3.8) is 0 Å². The van der Waals surface area contributed by atoms with Gasteiger partial charge in [0.1, 0.15) is 6.10 Å². The minimum absolute atomic E-state index is 0.0291. The van der Waals surface area contributed by atoms with Crippen LogP contribution >= 0.6 is 0 Å². The number of aliphatic hydroxyl groups is 2. The average molecular weight is 266 g/mol. The summed E-state index contributed by atoms with van der Waals surface area (Å²) >= 11 is 0. The Kier molecular flexibility index (Phi) is 2.81. The third-order valence-corrected chi connectivity index (χ3v) is 5.65. The SMILES string of the molecule is C=C1CC[C@@H](O)[C@]2(C)C[C@H](O)[C@@H]3[C@H](OC(=O)[C@H]3C)[C@H]12. The lowest BCUT2D eigenvalue weighted by atomic mass is 9.53. The van der Waals surface area contributed by atoms with E-state index in [9.17, 15) is 15.0 Å². The predicted octanol–water partition coefficient (Wildman–Crippen LogP) is 1.26. The van der Waals surface area contributed by atoms with Gasteiger partial charge in [-0.1, -0.05) is 26.0 Å². The lowest BCUT2D eigenvalue weighted by Crippen LogP contribution is -2.57. The van der Waals surface area contributed by atoms with Crippen LogP contribution in [0.25, 0.3) is 0 Å². The molecule has 0 aromatic carbocycles. The molecule has 0 radical (unpaired) electrons. The van der Waals surface area contributed by atoms with E-state index in [2.05, 4.69) is 6.58 Å². The highest BCUT2D eigenvalue weighted by molar-refractivity contribution is 5.75. The molecule has 106 valence electrons. The third-order valence-electron chi connectivity index (χ3n) is 5.65. The molecular weight excluding hydrogens is 244 g/mol. The largest absolute Gasteiger partial charge is 0.461 e. The summed E-state index contributed by atoms with van der Waals surface area (Å²) in [7, 11) is 0. The molecule has 1 aliphatic heterocycles. The highest BCUT2D eigenvalue weighted by Gasteiger charge is 2.61. The first-order valence-corrected chi connectivity index (χ1v) is 7.10. The molecule has 0 bridgehead atoms. The van der Waals surface area contributed by atoms with Crippen LogP contribution in [0.4, 0.5) is 0 Å². The van der Waals surface area contributed by atoms with Crippen molar-refractivity contribution < 1.29 is 19.7 Å². The Morgan fingerprint density at radius 2 is 2.11 bits per heavy atom. The molecule has 3 rings (SSSR count). The van der Waals surface area contributed by atoms with Crippen LogP contribution in [0.15, 0.2) is 12.2 Å². The molecule has 0 aromatic rings. The second-order valence-corrected chi connectivity index (χ2v) is 6.74. The monoisotopic (exact) mass is 266 g/mol. The van der Waals surface area contributed by atoms with Crippen molar-refractivity contribution in [2.75, 3.05) is 0 Å². The number of hydrogen-bond donors (Lipinski definition) is 2. The Hall–Kier alpha value is -0.870. The fourth-order valence-electron chi connectivity index (χ4n) is 4.54. The normalized spacial score (nSPS) is 53.5. The van der Waals surface area contributed by atoms with Crippen LogP contribution in [-0.4, -0.2) is 34.5 Å². The molecule has 4 nitrogen and oxygen atoms in total. The van der Waals surface area contributed by atoms with Crippen molar-refractivity contribution in [1.29, 1.82) is 0 Å². The van der Waals surface area contributed by atoms with Gasteiger partial charge in [-0.05, 0) is 19.3 Å². The van der Waals surface area contributed by atoms with Crippen LogP contribution in [0.1, 0.15) is 33.1 Å². The summed E-state index contributed by atoms with van der Waals surface area (Å²) in [6.45, 7) is 7.94. The number of hydrogen-bond acceptors (Lipinski definition) is 4. The van der Waals surface area contributed by atoms with E-state index in [-0.39, 0.29) is 29.8 Å². The van der Waals surface area contributed by atoms with Gasteiger partial charge >= 0.3 is 5.97 Å². The first-order valence-electron chi connectivity index (χ1n) is 7.10. The summed E-state index contributed by atoms with van der Waals surface area (Å²) in [6, 6.07) is 0. The van der Waals surface area contributed by atoms with Crippen molar-refractivity contribution in [2.45, 2.75) is 51.4 Å². The maximum atomic E-state index is 11.8. The van der Waals surface area contributed by atoms with E-state index in [1.807, 2.05) is 13.8 Å². The Bertz CT molecular complexity index is 432. The summed E-state index contributed by atoms with van der Waals surface area (Å²) < 4.78 is 5.53. The second kappa shape index (κ2) is 4.06. The van der Waals surface area contributed by atoms with Crippen LogP contribution in [0, 0.1) is 23.2 Å². The summed E-state index contributed by atoms with van der Waals surface area (Å²) in [4.78, 5) is 11.8. The summed E-state index contributed by atoms with van der Waals surface area (Å²) in [6.07, 6.45) is 0.590. The van der Waals surface area contributed by atoms with Gasteiger partial charge in [0.05, 0.1) is 18.1 Å². The van der Waals surface area contributed by atoms with E-state index in [1.54, 1.807) is 0 Å². The molecule has 3 fully saturated rings. The van der Waals surface area contributed by atoms with Crippen LogP contribution < -0.4 is 0 Å². The molecule has 2 N–H and O–H groups in total. The molecule has 0 aromatic heterocycles. The summed E-state index contributed by atoms with van der Waals surface area (Å²) in [5, 5.41) is 20.8. The Morgan fingerprint density at radius 1 is 1.42 bits per heavy atom. The second-order valence-electron chi connectivity index (χ2n) is 6.74. The molecule has 4 heteroatoms. The van der Waals surface area contributed by atoms with Gasteiger partial charge < -0.3 is 14.9 Å². The number of rotatable bonds is 0. The molecule has 1 heterocycles. The van der Waals surface area contributed by atoms with Gasteiger partial charge in [-0.25, -0.2) is 0 Å². The summed E-state index contributed by atoms with van der Waals surface area (Å²) in [5.41, 5.74) is 0.622. The molecule has 3 aliphatic rings. The standard InChI is InChI=1S/C15H22O4/c1-7-4-5-10(17)15(3)6-9(16)11-8(2)14(18)19-13(11)12(7)15/h8-13,16-17H,1,4-6H2,2-3H3/t8-,9-,10+,11+,12-,13-,15-/m0/s1. The molecular formula is C15H22O4. The maximum Gasteiger partial charge on any atom is 0.309 e. The minimum atomic E-state index is -0.590. The Balaban J connectivity index is 2.02. The summed E-state index contributed by atoms with van der Waals surface area (Å²) in [5.74, 6) is -0.686. The number of carbonyl (C=O) groups excluding carboxylic acids is 1. The minimum Gasteiger partial charge on any atom is -0.461 e.